The zero-order chi connectivity index (χ0) is 48.0. The average molecular weight is 925 g/mol. The number of carbonyl (C=O) groups excluding carboxylic acids is 6. The lowest BCUT2D eigenvalue weighted by Crippen LogP contribution is -2.59. The van der Waals surface area contributed by atoms with Gasteiger partial charge in [0.05, 0.1) is 6.10 Å². The third-order valence-electron chi connectivity index (χ3n) is 11.1. The topological polar surface area (TPSA) is 246 Å². The number of aliphatic hydroxyl groups is 1. The number of benzene rings is 2. The number of unbranched alkanes of at least 4 members (excludes halogenated alkanes) is 11. The van der Waals surface area contributed by atoms with E-state index in [2.05, 4.69) is 26.6 Å². The SMILES string of the molecule is CSCC[C@H](NC(=O)CCCCCCCCCCCCCCC(=O)N[C@H](C(=O)N[C@@H](CC(C)C)C(=O)N[C@@H](Cc1ccccc1)C(N)=O)C(C)O)C(=O)N[C@@H](Cc1ccccc1)C(=O)O. The summed E-state index contributed by atoms with van der Waals surface area (Å²) < 4.78 is 0. The number of aliphatic hydroxyl groups excluding tert-OH is 1. The van der Waals surface area contributed by atoms with Crippen LogP contribution in [0.3, 0.4) is 0 Å². The van der Waals surface area contributed by atoms with Gasteiger partial charge in [-0.3, -0.25) is 28.8 Å². The highest BCUT2D eigenvalue weighted by atomic mass is 32.2. The third kappa shape index (κ3) is 24.8. The maximum absolute atomic E-state index is 13.3. The van der Waals surface area contributed by atoms with Gasteiger partial charge in [-0.2, -0.15) is 11.8 Å². The van der Waals surface area contributed by atoms with Crippen molar-refractivity contribution >= 4 is 53.2 Å². The van der Waals surface area contributed by atoms with Crippen molar-refractivity contribution in [2.75, 3.05) is 12.0 Å². The summed E-state index contributed by atoms with van der Waals surface area (Å²) in [5.41, 5.74) is 7.20. The Labute approximate surface area is 390 Å². The summed E-state index contributed by atoms with van der Waals surface area (Å²) in [4.78, 5) is 89.3. The lowest BCUT2D eigenvalue weighted by Gasteiger charge is -2.26. The number of carboxylic acid groups (broad SMARTS) is 1. The Morgan fingerprint density at radius 2 is 0.969 bits per heavy atom. The normalized spacial score (nSPS) is 13.9. The molecule has 0 fully saturated rings. The first kappa shape index (κ1) is 56.2. The second kappa shape index (κ2) is 32.7. The molecule has 2 rings (SSSR count). The predicted octanol–water partition coefficient (Wildman–Crippen LogP) is 5.11. The first-order valence-corrected chi connectivity index (χ1v) is 24.8. The lowest BCUT2D eigenvalue weighted by molar-refractivity contribution is -0.142. The first-order chi connectivity index (χ1) is 31.1. The molecule has 65 heavy (non-hydrogen) atoms. The number of carboxylic acids is 1. The van der Waals surface area contributed by atoms with Crippen LogP contribution in [0, 0.1) is 5.92 Å². The number of thioether (sulfide) groups is 1. The molecular weight excluding hydrogens is 849 g/mol. The van der Waals surface area contributed by atoms with E-state index < -0.39 is 65.9 Å². The Hall–Kier alpha value is -4.96. The number of aliphatic carboxylic acids is 1. The van der Waals surface area contributed by atoms with Gasteiger partial charge in [0, 0.05) is 25.7 Å². The van der Waals surface area contributed by atoms with Crippen LogP contribution in [0.4, 0.5) is 0 Å². The predicted molar refractivity (Wildman–Crippen MR) is 256 cm³/mol. The van der Waals surface area contributed by atoms with Gasteiger partial charge in [0.15, 0.2) is 0 Å². The molecule has 15 nitrogen and oxygen atoms in total. The average Bonchev–Trinajstić information content (AvgIpc) is 3.26. The Balaban J connectivity index is 1.61. The van der Waals surface area contributed by atoms with Crippen molar-refractivity contribution in [1.82, 2.24) is 26.6 Å². The number of hydrogen-bond donors (Lipinski definition) is 8. The Kier molecular flexibility index (Phi) is 28.2. The minimum Gasteiger partial charge on any atom is -0.480 e. The molecule has 0 aromatic heterocycles. The molecule has 6 amide bonds. The highest BCUT2D eigenvalue weighted by Gasteiger charge is 2.32. The van der Waals surface area contributed by atoms with Crippen molar-refractivity contribution in [3.8, 4) is 0 Å². The molecular formula is C49H76N6O9S. The van der Waals surface area contributed by atoms with E-state index in [1.165, 1.54) is 6.92 Å². The van der Waals surface area contributed by atoms with Gasteiger partial charge >= 0.3 is 5.97 Å². The van der Waals surface area contributed by atoms with Crippen molar-refractivity contribution < 1.29 is 43.8 Å². The maximum Gasteiger partial charge on any atom is 0.326 e. The number of nitrogens with one attached hydrogen (secondary N) is 5. The van der Waals surface area contributed by atoms with Crippen LogP contribution in [0.5, 0.6) is 0 Å². The molecule has 16 heteroatoms. The van der Waals surface area contributed by atoms with Crippen LogP contribution in [-0.2, 0) is 46.4 Å². The summed E-state index contributed by atoms with van der Waals surface area (Å²) in [6.45, 7) is 5.18. The molecule has 0 heterocycles. The second-order valence-electron chi connectivity index (χ2n) is 17.4. The van der Waals surface area contributed by atoms with Gasteiger partial charge in [-0.15, -0.1) is 0 Å². The molecule has 0 radical (unpaired) electrons. The van der Waals surface area contributed by atoms with Crippen LogP contribution in [-0.4, -0.2) is 99.9 Å². The van der Waals surface area contributed by atoms with E-state index in [-0.39, 0.29) is 43.4 Å². The molecule has 9 N–H and O–H groups in total. The highest BCUT2D eigenvalue weighted by molar-refractivity contribution is 7.98. The van der Waals surface area contributed by atoms with Crippen molar-refractivity contribution in [2.45, 2.75) is 173 Å². The van der Waals surface area contributed by atoms with Crippen LogP contribution in [0.1, 0.15) is 135 Å². The molecule has 0 aliphatic rings. The monoisotopic (exact) mass is 925 g/mol. The molecule has 0 aliphatic carbocycles. The molecule has 6 atom stereocenters. The van der Waals surface area contributed by atoms with E-state index in [1.54, 1.807) is 11.8 Å². The minimum absolute atomic E-state index is 0.00508. The number of hydrogen-bond acceptors (Lipinski definition) is 9. The van der Waals surface area contributed by atoms with Crippen LogP contribution >= 0.6 is 11.8 Å². The zero-order valence-electron chi connectivity index (χ0n) is 39.0. The second-order valence-corrected chi connectivity index (χ2v) is 18.3. The number of rotatable bonds is 35. The molecule has 1 unspecified atom stereocenters. The van der Waals surface area contributed by atoms with E-state index >= 15 is 0 Å². The highest BCUT2D eigenvalue weighted by Crippen LogP contribution is 2.15. The summed E-state index contributed by atoms with van der Waals surface area (Å²) >= 11 is 1.55. The Morgan fingerprint density at radius 1 is 0.554 bits per heavy atom. The van der Waals surface area contributed by atoms with Crippen LogP contribution < -0.4 is 32.3 Å². The Bertz CT molecular complexity index is 1730. The van der Waals surface area contributed by atoms with Crippen molar-refractivity contribution in [3.63, 3.8) is 0 Å². The number of carbonyl (C=O) groups is 7. The largest absolute Gasteiger partial charge is 0.480 e. The van der Waals surface area contributed by atoms with Gasteiger partial charge in [0.2, 0.25) is 35.4 Å². The smallest absolute Gasteiger partial charge is 0.326 e. The molecule has 2 aromatic carbocycles. The van der Waals surface area contributed by atoms with Gasteiger partial charge in [0.1, 0.15) is 30.2 Å². The standard InChI is InChI=1S/C49H76N6O9S/c1-34(2)31-40(47(61)52-39(45(50)59)32-36-23-17-15-18-24-36)53-48(62)44(35(3)56)55-43(58)28-22-14-12-10-8-6-5-7-9-11-13-21-27-42(57)51-38(29-30-65-4)46(60)54-41(49(63)64)33-37-25-19-16-20-26-37/h15-20,23-26,34-35,38-41,44,56H,5-14,21-22,27-33H2,1-4H3,(H2,50,59)(H,51,57)(H,52,61)(H,53,62)(H,54,60)(H,55,58)(H,63,64)/t35?,38-,39-,40-,41-,44-/m0/s1. The van der Waals surface area contributed by atoms with Crippen molar-refractivity contribution in [1.29, 1.82) is 0 Å². The number of nitrogens with two attached hydrogens (primary N) is 1. The van der Waals surface area contributed by atoms with Gasteiger partial charge in [-0.05, 0) is 61.7 Å². The number of primary amides is 1. The molecule has 0 saturated heterocycles. The summed E-state index contributed by atoms with van der Waals surface area (Å²) in [5.74, 6) is -3.51. The van der Waals surface area contributed by atoms with Crippen LogP contribution in [0.15, 0.2) is 60.7 Å². The summed E-state index contributed by atoms with van der Waals surface area (Å²) in [6.07, 6.45) is 13.9. The van der Waals surface area contributed by atoms with E-state index in [4.69, 9.17) is 5.73 Å². The molecule has 0 bridgehead atoms. The third-order valence-corrected chi connectivity index (χ3v) is 11.7. The van der Waals surface area contributed by atoms with Gasteiger partial charge in [0.25, 0.3) is 0 Å². The maximum atomic E-state index is 13.3. The minimum atomic E-state index is -1.26. The fourth-order valence-corrected chi connectivity index (χ4v) is 7.86. The molecule has 0 spiro atoms. The quantitative estimate of drug-likeness (QED) is 0.0425. The van der Waals surface area contributed by atoms with E-state index in [1.807, 2.05) is 80.8 Å². The Morgan fingerprint density at radius 3 is 1.40 bits per heavy atom. The molecule has 0 saturated carbocycles. The molecule has 362 valence electrons. The van der Waals surface area contributed by atoms with E-state index in [9.17, 15) is 43.8 Å². The summed E-state index contributed by atoms with van der Waals surface area (Å²) in [7, 11) is 0. The molecule has 2 aromatic rings. The van der Waals surface area contributed by atoms with E-state index in [0.717, 1.165) is 75.3 Å². The van der Waals surface area contributed by atoms with E-state index in [0.29, 0.717) is 31.4 Å². The summed E-state index contributed by atoms with van der Waals surface area (Å²) in [6, 6.07) is 13.1. The fraction of sp³-hybridized carbons (Fsp3) is 0.612. The van der Waals surface area contributed by atoms with Gasteiger partial charge in [-0.25, -0.2) is 4.79 Å². The van der Waals surface area contributed by atoms with Gasteiger partial charge < -0.3 is 42.5 Å². The first-order valence-electron chi connectivity index (χ1n) is 23.4. The zero-order valence-corrected chi connectivity index (χ0v) is 39.8. The van der Waals surface area contributed by atoms with Crippen LogP contribution in [0.25, 0.3) is 0 Å². The summed E-state index contributed by atoms with van der Waals surface area (Å²) in [5, 5.41) is 33.5. The van der Waals surface area contributed by atoms with Crippen molar-refractivity contribution in [2.24, 2.45) is 11.7 Å². The fourth-order valence-electron chi connectivity index (χ4n) is 7.39. The van der Waals surface area contributed by atoms with Gasteiger partial charge in [-0.1, -0.05) is 139 Å². The van der Waals surface area contributed by atoms with Crippen LogP contribution in [0.2, 0.25) is 0 Å². The van der Waals surface area contributed by atoms with Crippen molar-refractivity contribution in [3.05, 3.63) is 71.8 Å². The molecule has 0 aliphatic heterocycles. The number of amides is 6. The lowest BCUT2D eigenvalue weighted by atomic mass is 10.0.